The first-order valence-corrected chi connectivity index (χ1v) is 9.07. The molecule has 25 heavy (non-hydrogen) atoms. The van der Waals surface area contributed by atoms with Crippen LogP contribution in [0.4, 0.5) is 10.1 Å². The Labute approximate surface area is 147 Å². The average Bonchev–Trinajstić information content (AvgIpc) is 3.00. The number of carbonyl (C=O) groups is 1. The van der Waals surface area contributed by atoms with E-state index in [0.717, 1.165) is 32.5 Å². The summed E-state index contributed by atoms with van der Waals surface area (Å²) in [6, 6.07) is 15.0. The molecular formula is C21H23FN2O. The van der Waals surface area contributed by atoms with Gasteiger partial charge in [-0.2, -0.15) is 0 Å². The van der Waals surface area contributed by atoms with Crippen molar-refractivity contribution in [2.45, 2.75) is 31.2 Å². The Morgan fingerprint density at radius 1 is 1.16 bits per heavy atom. The van der Waals surface area contributed by atoms with Gasteiger partial charge in [0, 0.05) is 42.7 Å². The van der Waals surface area contributed by atoms with Crippen LogP contribution in [0, 0.1) is 5.82 Å². The third-order valence-corrected chi connectivity index (χ3v) is 5.44. The number of carbonyl (C=O) groups excluding carboxylic acids is 1. The van der Waals surface area contributed by atoms with Crippen LogP contribution in [0.15, 0.2) is 48.5 Å². The van der Waals surface area contributed by atoms with E-state index >= 15 is 0 Å². The van der Waals surface area contributed by atoms with Crippen molar-refractivity contribution in [2.75, 3.05) is 25.0 Å². The smallest absolute Gasteiger partial charge is 0.162 e. The summed E-state index contributed by atoms with van der Waals surface area (Å²) in [7, 11) is 0. The van der Waals surface area contributed by atoms with Gasteiger partial charge in [0.05, 0.1) is 0 Å². The first-order chi connectivity index (χ1) is 12.2. The maximum absolute atomic E-state index is 12.9. The summed E-state index contributed by atoms with van der Waals surface area (Å²) in [5, 5.41) is 3.65. The van der Waals surface area contributed by atoms with Crippen molar-refractivity contribution >= 4 is 11.5 Å². The van der Waals surface area contributed by atoms with Crippen LogP contribution < -0.4 is 5.32 Å². The number of piperidine rings is 1. The highest BCUT2D eigenvalue weighted by Gasteiger charge is 2.36. The molecule has 2 atom stereocenters. The van der Waals surface area contributed by atoms with Crippen molar-refractivity contribution in [2.24, 2.45) is 0 Å². The fraction of sp³-hybridized carbons (Fsp3) is 0.381. The molecule has 0 spiro atoms. The van der Waals surface area contributed by atoms with E-state index in [0.29, 0.717) is 23.9 Å². The number of hydrogen-bond acceptors (Lipinski definition) is 3. The van der Waals surface area contributed by atoms with Gasteiger partial charge in [-0.05, 0) is 55.3 Å². The van der Waals surface area contributed by atoms with Crippen LogP contribution in [0.1, 0.15) is 41.1 Å². The number of ketones is 1. The zero-order chi connectivity index (χ0) is 17.2. The molecule has 1 fully saturated rings. The molecule has 3 nitrogen and oxygen atoms in total. The largest absolute Gasteiger partial charge is 0.381 e. The summed E-state index contributed by atoms with van der Waals surface area (Å²) < 4.78 is 12.9. The topological polar surface area (TPSA) is 32.3 Å². The van der Waals surface area contributed by atoms with Gasteiger partial charge >= 0.3 is 0 Å². The van der Waals surface area contributed by atoms with Crippen molar-refractivity contribution < 1.29 is 9.18 Å². The highest BCUT2D eigenvalue weighted by atomic mass is 19.1. The monoisotopic (exact) mass is 338 g/mol. The van der Waals surface area contributed by atoms with Gasteiger partial charge in [-0.25, -0.2) is 4.39 Å². The molecule has 2 aliphatic heterocycles. The van der Waals surface area contributed by atoms with E-state index in [1.807, 2.05) is 0 Å². The number of fused-ring (bicyclic) bond motifs is 3. The summed E-state index contributed by atoms with van der Waals surface area (Å²) in [6.45, 7) is 3.07. The molecule has 2 aromatic carbocycles. The summed E-state index contributed by atoms with van der Waals surface area (Å²) >= 11 is 0. The Morgan fingerprint density at radius 2 is 1.96 bits per heavy atom. The number of hydrogen-bond donors (Lipinski definition) is 1. The van der Waals surface area contributed by atoms with E-state index in [4.69, 9.17) is 0 Å². The number of nitrogens with zero attached hydrogens (tertiary/aromatic N) is 1. The van der Waals surface area contributed by atoms with Gasteiger partial charge in [0.1, 0.15) is 5.82 Å². The molecule has 0 aliphatic carbocycles. The Bertz CT molecular complexity index is 759. The minimum atomic E-state index is -0.301. The van der Waals surface area contributed by atoms with Gasteiger partial charge in [0.15, 0.2) is 5.78 Å². The maximum atomic E-state index is 12.9. The predicted molar refractivity (Wildman–Crippen MR) is 97.6 cm³/mol. The first kappa shape index (κ1) is 16.3. The third kappa shape index (κ3) is 3.45. The van der Waals surface area contributed by atoms with Crippen LogP contribution in [0.3, 0.4) is 0 Å². The van der Waals surface area contributed by atoms with Crippen molar-refractivity contribution in [3.8, 4) is 0 Å². The Hall–Kier alpha value is -2.20. The molecule has 130 valence electrons. The number of rotatable bonds is 5. The van der Waals surface area contributed by atoms with Gasteiger partial charge in [0.2, 0.25) is 0 Å². The van der Waals surface area contributed by atoms with Crippen molar-refractivity contribution in [3.05, 3.63) is 65.5 Å². The normalized spacial score (nSPS) is 22.1. The molecule has 2 aliphatic rings. The lowest BCUT2D eigenvalue weighted by atomic mass is 9.89. The Balaban J connectivity index is 1.30. The number of anilines is 1. The molecule has 1 saturated heterocycles. The second-order valence-corrected chi connectivity index (χ2v) is 7.07. The Morgan fingerprint density at radius 3 is 2.80 bits per heavy atom. The molecule has 4 rings (SSSR count). The van der Waals surface area contributed by atoms with Gasteiger partial charge in [0.25, 0.3) is 0 Å². The number of likely N-dealkylation sites (tertiary alicyclic amines) is 1. The standard InChI is InChI=1S/C21H23FN2O/c22-16-9-7-15(8-10-16)21(25)6-3-12-24-13-11-20-18(14-24)17-4-1-2-5-19(17)23-20/h1-2,4-5,7-10,18,20,23H,3,6,11-14H2/t18-,20-/m1/s1. The maximum Gasteiger partial charge on any atom is 0.162 e. The number of Topliss-reactive ketones (excluding diaryl/α,β-unsaturated/α-hetero) is 1. The van der Waals surface area contributed by atoms with Gasteiger partial charge in [-0.1, -0.05) is 18.2 Å². The number of nitrogens with one attached hydrogen (secondary N) is 1. The van der Waals surface area contributed by atoms with Crippen LogP contribution in [0.5, 0.6) is 0 Å². The number of para-hydroxylation sites is 1. The zero-order valence-electron chi connectivity index (χ0n) is 14.2. The van der Waals surface area contributed by atoms with Crippen LogP contribution in [0.25, 0.3) is 0 Å². The van der Waals surface area contributed by atoms with Crippen LogP contribution in [-0.2, 0) is 0 Å². The highest BCUT2D eigenvalue weighted by molar-refractivity contribution is 5.95. The van der Waals surface area contributed by atoms with Crippen LogP contribution >= 0.6 is 0 Å². The Kier molecular flexibility index (Phi) is 4.53. The molecule has 2 heterocycles. The second-order valence-electron chi connectivity index (χ2n) is 7.07. The lowest BCUT2D eigenvalue weighted by molar-refractivity contribution is 0.0971. The lowest BCUT2D eigenvalue weighted by Crippen LogP contribution is -2.42. The van der Waals surface area contributed by atoms with E-state index in [2.05, 4.69) is 34.5 Å². The van der Waals surface area contributed by atoms with E-state index in [9.17, 15) is 9.18 Å². The molecule has 0 radical (unpaired) electrons. The summed E-state index contributed by atoms with van der Waals surface area (Å²) in [6.07, 6.45) is 2.51. The molecule has 0 amide bonds. The quantitative estimate of drug-likeness (QED) is 0.834. The van der Waals surface area contributed by atoms with E-state index in [1.165, 1.54) is 23.4 Å². The molecular weight excluding hydrogens is 315 g/mol. The fourth-order valence-corrected chi connectivity index (χ4v) is 4.11. The third-order valence-electron chi connectivity index (χ3n) is 5.44. The summed E-state index contributed by atoms with van der Waals surface area (Å²) in [5.74, 6) is 0.352. The second kappa shape index (κ2) is 6.96. The minimum Gasteiger partial charge on any atom is -0.381 e. The summed E-state index contributed by atoms with van der Waals surface area (Å²) in [5.41, 5.74) is 3.32. The number of halogens is 1. The van der Waals surface area contributed by atoms with Gasteiger partial charge in [-0.3, -0.25) is 4.79 Å². The molecule has 1 N–H and O–H groups in total. The SMILES string of the molecule is O=C(CCCN1CC[C@H]2Nc3ccccc3[C@H]2C1)c1ccc(F)cc1. The lowest BCUT2D eigenvalue weighted by Gasteiger charge is -2.35. The molecule has 0 aromatic heterocycles. The van der Waals surface area contributed by atoms with Gasteiger partial charge in [-0.15, -0.1) is 0 Å². The molecule has 2 aromatic rings. The highest BCUT2D eigenvalue weighted by Crippen LogP contribution is 2.39. The molecule has 0 saturated carbocycles. The van der Waals surface area contributed by atoms with Crippen LogP contribution in [0.2, 0.25) is 0 Å². The average molecular weight is 338 g/mol. The zero-order valence-corrected chi connectivity index (χ0v) is 14.2. The molecule has 4 heteroatoms. The number of benzene rings is 2. The van der Waals surface area contributed by atoms with E-state index in [1.54, 1.807) is 12.1 Å². The van der Waals surface area contributed by atoms with Crippen molar-refractivity contribution in [1.82, 2.24) is 4.90 Å². The first-order valence-electron chi connectivity index (χ1n) is 9.07. The van der Waals surface area contributed by atoms with Gasteiger partial charge < -0.3 is 10.2 Å². The van der Waals surface area contributed by atoms with Crippen LogP contribution in [-0.4, -0.2) is 36.4 Å². The van der Waals surface area contributed by atoms with E-state index in [-0.39, 0.29) is 11.6 Å². The molecule has 0 bridgehead atoms. The molecule has 0 unspecified atom stereocenters. The van der Waals surface area contributed by atoms with E-state index < -0.39 is 0 Å². The minimum absolute atomic E-state index is 0.0998. The van der Waals surface area contributed by atoms with Crippen molar-refractivity contribution in [3.63, 3.8) is 0 Å². The van der Waals surface area contributed by atoms with Crippen molar-refractivity contribution in [1.29, 1.82) is 0 Å². The predicted octanol–water partition coefficient (Wildman–Crippen LogP) is 4.07. The summed E-state index contributed by atoms with van der Waals surface area (Å²) in [4.78, 5) is 14.7. The fourth-order valence-electron chi connectivity index (χ4n) is 4.11.